The number of aryl methyl sites for hydroxylation is 1. The Labute approximate surface area is 126 Å². The predicted molar refractivity (Wildman–Crippen MR) is 83.4 cm³/mol. The van der Waals surface area contributed by atoms with Crippen LogP contribution in [-0.2, 0) is 16.0 Å². The quantitative estimate of drug-likeness (QED) is 0.772. The Hall–Kier alpha value is -1.88. The molecule has 0 bridgehead atoms. The molecule has 0 aliphatic heterocycles. The van der Waals surface area contributed by atoms with Gasteiger partial charge < -0.3 is 10.4 Å². The number of nitrogens with zero attached hydrogens (tertiary/aromatic N) is 1. The van der Waals surface area contributed by atoms with Gasteiger partial charge in [-0.3, -0.25) is 14.5 Å². The zero-order valence-electron chi connectivity index (χ0n) is 12.9. The van der Waals surface area contributed by atoms with E-state index < -0.39 is 5.97 Å². The van der Waals surface area contributed by atoms with Crippen LogP contribution in [0, 0.1) is 0 Å². The number of nitrogens with one attached hydrogen (secondary N) is 1. The maximum absolute atomic E-state index is 12.0. The first-order chi connectivity index (χ1) is 9.96. The molecule has 5 nitrogen and oxygen atoms in total. The van der Waals surface area contributed by atoms with Crippen LogP contribution >= 0.6 is 0 Å². The molecule has 5 heteroatoms. The van der Waals surface area contributed by atoms with Crippen LogP contribution in [0.2, 0.25) is 0 Å². The Morgan fingerprint density at radius 3 is 2.33 bits per heavy atom. The molecule has 0 heterocycles. The number of likely N-dealkylation sites (N-methyl/N-ethyl adjacent to an activating group) is 1. The number of carboxylic acid groups (broad SMARTS) is 1. The number of carboxylic acids is 1. The zero-order chi connectivity index (χ0) is 15.8. The predicted octanol–water partition coefficient (Wildman–Crippen LogP) is 2.37. The Morgan fingerprint density at radius 2 is 1.86 bits per heavy atom. The molecule has 116 valence electrons. The highest BCUT2D eigenvalue weighted by atomic mass is 16.4. The van der Waals surface area contributed by atoms with E-state index in [9.17, 15) is 9.59 Å². The van der Waals surface area contributed by atoms with Crippen LogP contribution in [0.25, 0.3) is 0 Å². The molecule has 0 spiro atoms. The molecule has 1 unspecified atom stereocenters. The Kier molecular flexibility index (Phi) is 6.88. The van der Waals surface area contributed by atoms with Crippen molar-refractivity contribution >= 4 is 17.6 Å². The van der Waals surface area contributed by atoms with Gasteiger partial charge in [-0.05, 0) is 37.6 Å². The van der Waals surface area contributed by atoms with Gasteiger partial charge in [-0.1, -0.05) is 26.0 Å². The summed E-state index contributed by atoms with van der Waals surface area (Å²) in [6, 6.07) is 7.57. The maximum atomic E-state index is 12.0. The summed E-state index contributed by atoms with van der Waals surface area (Å²) in [6.07, 6.45) is 0.997. The topological polar surface area (TPSA) is 69.6 Å². The summed E-state index contributed by atoms with van der Waals surface area (Å²) in [5.41, 5.74) is 1.98. The lowest BCUT2D eigenvalue weighted by Crippen LogP contribution is -2.40. The van der Waals surface area contributed by atoms with E-state index in [0.717, 1.165) is 12.1 Å². The van der Waals surface area contributed by atoms with Gasteiger partial charge in [0, 0.05) is 11.7 Å². The summed E-state index contributed by atoms with van der Waals surface area (Å²) in [5, 5.41) is 11.7. The van der Waals surface area contributed by atoms with Gasteiger partial charge in [-0.15, -0.1) is 0 Å². The molecule has 1 atom stereocenters. The number of anilines is 1. The minimum atomic E-state index is -0.850. The first kappa shape index (κ1) is 17.2. The number of benzene rings is 1. The highest BCUT2D eigenvalue weighted by molar-refractivity contribution is 5.92. The summed E-state index contributed by atoms with van der Waals surface area (Å²) in [7, 11) is 0. The van der Waals surface area contributed by atoms with Crippen molar-refractivity contribution in [3.8, 4) is 0 Å². The first-order valence-electron chi connectivity index (χ1n) is 7.30. The van der Waals surface area contributed by atoms with Crippen molar-refractivity contribution in [1.29, 1.82) is 0 Å². The summed E-state index contributed by atoms with van der Waals surface area (Å²) >= 11 is 0. The smallest absolute Gasteiger partial charge is 0.304 e. The van der Waals surface area contributed by atoms with Crippen LogP contribution in [0.1, 0.15) is 32.8 Å². The number of hydrogen-bond donors (Lipinski definition) is 2. The molecule has 0 saturated carbocycles. The van der Waals surface area contributed by atoms with Gasteiger partial charge in [0.15, 0.2) is 0 Å². The molecule has 0 aliphatic carbocycles. The second-order valence-electron chi connectivity index (χ2n) is 5.11. The molecule has 0 radical (unpaired) electrons. The average Bonchev–Trinajstić information content (AvgIpc) is 2.44. The number of rotatable bonds is 8. The molecule has 0 aromatic heterocycles. The molecular formula is C16H24N2O3. The number of carbonyl (C=O) groups excluding carboxylic acids is 1. The van der Waals surface area contributed by atoms with Gasteiger partial charge in [0.25, 0.3) is 0 Å². The second-order valence-corrected chi connectivity index (χ2v) is 5.11. The van der Waals surface area contributed by atoms with Gasteiger partial charge in [0.2, 0.25) is 5.91 Å². The van der Waals surface area contributed by atoms with Crippen molar-refractivity contribution in [1.82, 2.24) is 4.90 Å². The molecule has 1 rings (SSSR count). The lowest BCUT2D eigenvalue weighted by atomic mass is 10.1. The van der Waals surface area contributed by atoms with Gasteiger partial charge in [0.1, 0.15) is 0 Å². The van der Waals surface area contributed by atoms with E-state index in [0.29, 0.717) is 6.54 Å². The SMILES string of the molecule is CCc1ccc(NC(=O)CN(CC)C(C)CC(=O)O)cc1. The van der Waals surface area contributed by atoms with Crippen LogP contribution in [0.4, 0.5) is 5.69 Å². The zero-order valence-corrected chi connectivity index (χ0v) is 12.9. The maximum Gasteiger partial charge on any atom is 0.304 e. The van der Waals surface area contributed by atoms with Crippen molar-refractivity contribution in [2.75, 3.05) is 18.4 Å². The van der Waals surface area contributed by atoms with Gasteiger partial charge in [-0.25, -0.2) is 0 Å². The fraction of sp³-hybridized carbons (Fsp3) is 0.500. The minimum Gasteiger partial charge on any atom is -0.481 e. The summed E-state index contributed by atoms with van der Waals surface area (Å²) in [4.78, 5) is 24.6. The Bertz CT molecular complexity index is 471. The van der Waals surface area contributed by atoms with Crippen LogP contribution in [0.3, 0.4) is 0 Å². The number of hydrogen-bond acceptors (Lipinski definition) is 3. The highest BCUT2D eigenvalue weighted by Gasteiger charge is 2.18. The van der Waals surface area contributed by atoms with E-state index in [1.165, 1.54) is 5.56 Å². The van der Waals surface area contributed by atoms with E-state index in [-0.39, 0.29) is 24.9 Å². The van der Waals surface area contributed by atoms with Crippen LogP contribution in [0.15, 0.2) is 24.3 Å². The third kappa shape index (κ3) is 5.95. The molecule has 1 aromatic rings. The van der Waals surface area contributed by atoms with E-state index >= 15 is 0 Å². The lowest BCUT2D eigenvalue weighted by Gasteiger charge is -2.25. The molecule has 1 aromatic carbocycles. The summed E-state index contributed by atoms with van der Waals surface area (Å²) in [5.74, 6) is -0.977. The van der Waals surface area contributed by atoms with Gasteiger partial charge in [0.05, 0.1) is 13.0 Å². The third-order valence-corrected chi connectivity index (χ3v) is 3.49. The number of amides is 1. The second kappa shape index (κ2) is 8.42. The molecule has 0 aliphatic rings. The van der Waals surface area contributed by atoms with E-state index in [1.54, 1.807) is 0 Å². The van der Waals surface area contributed by atoms with E-state index in [4.69, 9.17) is 5.11 Å². The largest absolute Gasteiger partial charge is 0.481 e. The van der Waals surface area contributed by atoms with Crippen molar-refractivity contribution in [2.24, 2.45) is 0 Å². The minimum absolute atomic E-state index is 0.0340. The van der Waals surface area contributed by atoms with Crippen LogP contribution in [0.5, 0.6) is 0 Å². The van der Waals surface area contributed by atoms with E-state index in [2.05, 4.69) is 12.2 Å². The van der Waals surface area contributed by atoms with Crippen molar-refractivity contribution in [2.45, 2.75) is 39.7 Å². The molecule has 0 fully saturated rings. The standard InChI is InChI=1S/C16H24N2O3/c1-4-13-6-8-14(9-7-13)17-15(19)11-18(5-2)12(3)10-16(20)21/h6-9,12H,4-5,10-11H2,1-3H3,(H,17,19)(H,20,21). The summed E-state index contributed by atoms with van der Waals surface area (Å²) < 4.78 is 0. The monoisotopic (exact) mass is 292 g/mol. The Morgan fingerprint density at radius 1 is 1.24 bits per heavy atom. The van der Waals surface area contributed by atoms with Gasteiger partial charge >= 0.3 is 5.97 Å². The van der Waals surface area contributed by atoms with Crippen molar-refractivity contribution in [3.63, 3.8) is 0 Å². The lowest BCUT2D eigenvalue weighted by molar-refractivity contribution is -0.138. The molecule has 0 saturated heterocycles. The van der Waals surface area contributed by atoms with Crippen LogP contribution in [-0.4, -0.2) is 41.0 Å². The highest BCUT2D eigenvalue weighted by Crippen LogP contribution is 2.10. The fourth-order valence-electron chi connectivity index (χ4n) is 2.17. The van der Waals surface area contributed by atoms with Crippen LogP contribution < -0.4 is 5.32 Å². The molecular weight excluding hydrogens is 268 g/mol. The molecule has 2 N–H and O–H groups in total. The summed E-state index contributed by atoms with van der Waals surface area (Å²) in [6.45, 7) is 6.65. The number of carbonyl (C=O) groups is 2. The average molecular weight is 292 g/mol. The molecule has 1 amide bonds. The van der Waals surface area contributed by atoms with E-state index in [1.807, 2.05) is 43.0 Å². The van der Waals surface area contributed by atoms with Crippen molar-refractivity contribution < 1.29 is 14.7 Å². The number of aliphatic carboxylic acids is 1. The Balaban J connectivity index is 2.55. The first-order valence-corrected chi connectivity index (χ1v) is 7.30. The van der Waals surface area contributed by atoms with Gasteiger partial charge in [-0.2, -0.15) is 0 Å². The normalized spacial score (nSPS) is 12.2. The third-order valence-electron chi connectivity index (χ3n) is 3.49. The van der Waals surface area contributed by atoms with Crippen molar-refractivity contribution in [3.05, 3.63) is 29.8 Å². The fourth-order valence-corrected chi connectivity index (χ4v) is 2.17. The molecule has 21 heavy (non-hydrogen) atoms.